The molecule has 182 valence electrons. The summed E-state index contributed by atoms with van der Waals surface area (Å²) in [7, 11) is 0. The van der Waals surface area contributed by atoms with E-state index in [0.29, 0.717) is 31.0 Å². The van der Waals surface area contributed by atoms with Crippen LogP contribution < -0.4 is 4.90 Å². The molecule has 2 aliphatic rings. The zero-order chi connectivity index (χ0) is 24.8. The molecule has 0 spiro atoms. The molecule has 1 aromatic carbocycles. The van der Waals surface area contributed by atoms with Crippen molar-refractivity contribution in [1.29, 1.82) is 5.41 Å². The van der Waals surface area contributed by atoms with Crippen LogP contribution in [0.4, 0.5) is 5.82 Å². The predicted octanol–water partition coefficient (Wildman–Crippen LogP) is 4.24. The van der Waals surface area contributed by atoms with E-state index in [1.807, 2.05) is 65.8 Å². The summed E-state index contributed by atoms with van der Waals surface area (Å²) in [6.45, 7) is 15.7. The Morgan fingerprint density at radius 3 is 2.21 bits per heavy atom. The third kappa shape index (κ3) is 4.67. The summed E-state index contributed by atoms with van der Waals surface area (Å²) in [6.07, 6.45) is 0. The maximum absolute atomic E-state index is 13.4. The van der Waals surface area contributed by atoms with Crippen LogP contribution in [0, 0.1) is 5.41 Å². The molecule has 1 fully saturated rings. The van der Waals surface area contributed by atoms with Crippen molar-refractivity contribution in [1.82, 2.24) is 9.88 Å². The van der Waals surface area contributed by atoms with E-state index < -0.39 is 0 Å². The average molecular weight is 465 g/mol. The number of rotatable bonds is 4. The number of phenolic OH excluding ortho intramolecular Hbond substituents is 1. The smallest absolute Gasteiger partial charge is 0.182 e. The van der Waals surface area contributed by atoms with Crippen molar-refractivity contribution in [2.45, 2.75) is 58.9 Å². The third-order valence-electron chi connectivity index (χ3n) is 6.58. The number of fused-ring (bicyclic) bond motifs is 1. The van der Waals surface area contributed by atoms with E-state index in [1.165, 1.54) is 0 Å². The van der Waals surface area contributed by atoms with Gasteiger partial charge >= 0.3 is 0 Å². The molecule has 0 aliphatic carbocycles. The Hall–Kier alpha value is -2.93. The first-order chi connectivity index (χ1) is 15.9. The van der Waals surface area contributed by atoms with E-state index in [-0.39, 0.29) is 34.7 Å². The van der Waals surface area contributed by atoms with E-state index in [2.05, 4.69) is 4.90 Å². The second kappa shape index (κ2) is 8.69. The lowest BCUT2D eigenvalue weighted by Gasteiger charge is -2.28. The highest BCUT2D eigenvalue weighted by Gasteiger charge is 2.31. The van der Waals surface area contributed by atoms with Gasteiger partial charge < -0.3 is 19.6 Å². The molecular weight excluding hydrogens is 428 g/mol. The summed E-state index contributed by atoms with van der Waals surface area (Å²) in [5.74, 6) is 1.33. The van der Waals surface area contributed by atoms with Crippen molar-refractivity contribution in [3.8, 4) is 5.75 Å². The van der Waals surface area contributed by atoms with Crippen LogP contribution in [0.5, 0.6) is 5.75 Å². The Morgan fingerprint density at radius 1 is 1.06 bits per heavy atom. The fourth-order valence-electron chi connectivity index (χ4n) is 4.55. The molecule has 0 atom stereocenters. The fourth-order valence-corrected chi connectivity index (χ4v) is 4.55. The minimum absolute atomic E-state index is 0.0676. The number of nitrogens with zero attached hydrogens (tertiary/aromatic N) is 3. The Labute approximate surface area is 202 Å². The lowest BCUT2D eigenvalue weighted by Crippen LogP contribution is -2.37. The number of aromatic nitrogens is 1. The van der Waals surface area contributed by atoms with Crippen molar-refractivity contribution in [3.05, 3.63) is 52.2 Å². The number of aromatic hydroxyl groups is 1. The summed E-state index contributed by atoms with van der Waals surface area (Å²) < 4.78 is 5.43. The number of carbonyl (C=O) groups excluding carboxylic acids is 1. The van der Waals surface area contributed by atoms with Gasteiger partial charge in [0.05, 0.1) is 19.8 Å². The van der Waals surface area contributed by atoms with Crippen LogP contribution in [0.3, 0.4) is 0 Å². The van der Waals surface area contributed by atoms with Gasteiger partial charge in [-0.15, -0.1) is 0 Å². The molecule has 34 heavy (non-hydrogen) atoms. The molecule has 0 saturated carbocycles. The number of phenols is 1. The second-order valence-electron chi connectivity index (χ2n) is 11.3. The van der Waals surface area contributed by atoms with Crippen molar-refractivity contribution < 1.29 is 14.6 Å². The number of benzene rings is 1. The van der Waals surface area contributed by atoms with Gasteiger partial charge in [0.15, 0.2) is 5.78 Å². The van der Waals surface area contributed by atoms with Gasteiger partial charge in [0.25, 0.3) is 0 Å². The molecule has 1 aromatic heterocycles. The third-order valence-corrected chi connectivity index (χ3v) is 6.58. The van der Waals surface area contributed by atoms with Crippen molar-refractivity contribution in [3.63, 3.8) is 0 Å². The molecule has 2 aliphatic heterocycles. The van der Waals surface area contributed by atoms with Crippen molar-refractivity contribution in [2.75, 3.05) is 37.7 Å². The maximum atomic E-state index is 13.4. The van der Waals surface area contributed by atoms with Gasteiger partial charge in [0.2, 0.25) is 0 Å². The van der Waals surface area contributed by atoms with Crippen molar-refractivity contribution in [2.24, 2.45) is 0 Å². The summed E-state index contributed by atoms with van der Waals surface area (Å²) >= 11 is 0. The molecule has 3 heterocycles. The van der Waals surface area contributed by atoms with Crippen LogP contribution in [0.2, 0.25) is 0 Å². The number of anilines is 1. The van der Waals surface area contributed by atoms with Gasteiger partial charge in [0.1, 0.15) is 23.1 Å². The number of nitrogens with one attached hydrogen (secondary N) is 1. The molecular formula is C27H36N4O3. The molecule has 0 bridgehead atoms. The van der Waals surface area contributed by atoms with Crippen LogP contribution in [-0.2, 0) is 22.1 Å². The van der Waals surface area contributed by atoms with Gasteiger partial charge in [-0.1, -0.05) is 47.6 Å². The summed E-state index contributed by atoms with van der Waals surface area (Å²) in [4.78, 5) is 22.1. The Morgan fingerprint density at radius 2 is 1.65 bits per heavy atom. The largest absolute Gasteiger partial charge is 0.507 e. The molecule has 0 radical (unpaired) electrons. The molecule has 2 N–H and O–H groups in total. The quantitative estimate of drug-likeness (QED) is 0.658. The zero-order valence-corrected chi connectivity index (χ0v) is 21.2. The fraction of sp³-hybridized carbons (Fsp3) is 0.519. The molecule has 7 nitrogen and oxygen atoms in total. The highest BCUT2D eigenvalue weighted by molar-refractivity contribution is 6.04. The normalized spacial score (nSPS) is 16.7. The molecule has 4 rings (SSSR count). The number of ether oxygens (including phenoxy) is 1. The van der Waals surface area contributed by atoms with Crippen LogP contribution in [-0.4, -0.2) is 59.5 Å². The van der Waals surface area contributed by atoms with Crippen molar-refractivity contribution >= 4 is 17.4 Å². The van der Waals surface area contributed by atoms with Crippen LogP contribution >= 0.6 is 0 Å². The standard InChI is InChI=1S/C27H36N4O3/c1-26(2,3)19-13-18(14-20(24(19)33)27(4,5)6)21(32)16-31-15-17-7-8-22(29-23(17)25(31)28)30-9-11-34-12-10-30/h7-8,13-14,28,33H,9-12,15-16H2,1-6H3. The van der Waals surface area contributed by atoms with Crippen LogP contribution in [0.1, 0.15) is 74.3 Å². The first-order valence-electron chi connectivity index (χ1n) is 11.9. The van der Waals surface area contributed by atoms with E-state index in [4.69, 9.17) is 15.1 Å². The number of amidine groups is 1. The number of hydrogen-bond acceptors (Lipinski definition) is 6. The van der Waals surface area contributed by atoms with Crippen LogP contribution in [0.25, 0.3) is 0 Å². The summed E-state index contributed by atoms with van der Waals surface area (Å²) in [5, 5.41) is 19.7. The topological polar surface area (TPSA) is 89.8 Å². The van der Waals surface area contributed by atoms with Gasteiger partial charge in [-0.2, -0.15) is 0 Å². The van der Waals surface area contributed by atoms with Crippen LogP contribution in [0.15, 0.2) is 24.3 Å². The Balaban J connectivity index is 1.58. The number of pyridine rings is 1. The Bertz CT molecular complexity index is 1090. The lowest BCUT2D eigenvalue weighted by atomic mass is 9.78. The highest BCUT2D eigenvalue weighted by atomic mass is 16.5. The average Bonchev–Trinajstić information content (AvgIpc) is 3.07. The molecule has 1 saturated heterocycles. The maximum Gasteiger partial charge on any atom is 0.182 e. The van der Waals surface area contributed by atoms with E-state index >= 15 is 0 Å². The summed E-state index contributed by atoms with van der Waals surface area (Å²) in [6, 6.07) is 7.64. The minimum atomic E-state index is -0.309. The number of ketones is 1. The monoisotopic (exact) mass is 464 g/mol. The number of hydrogen-bond donors (Lipinski definition) is 2. The van der Waals surface area contributed by atoms with Gasteiger partial charge in [-0.25, -0.2) is 4.98 Å². The number of morpholine rings is 1. The van der Waals surface area contributed by atoms with Gasteiger partial charge in [0, 0.05) is 41.9 Å². The second-order valence-corrected chi connectivity index (χ2v) is 11.3. The first-order valence-corrected chi connectivity index (χ1v) is 11.9. The SMILES string of the molecule is CC(C)(C)c1cc(C(=O)CN2Cc3ccc(N4CCOCC4)nc3C2=N)cc(C(C)(C)C)c1O. The molecule has 0 amide bonds. The molecule has 2 aromatic rings. The van der Waals surface area contributed by atoms with E-state index in [9.17, 15) is 9.90 Å². The predicted molar refractivity (Wildman–Crippen MR) is 134 cm³/mol. The minimum Gasteiger partial charge on any atom is -0.507 e. The Kier molecular flexibility index (Phi) is 6.19. The molecule has 0 unspecified atom stereocenters. The number of Topliss-reactive ketones (excluding diaryl/α,β-unsaturated/α-hetero) is 1. The van der Waals surface area contributed by atoms with Gasteiger partial charge in [-0.05, 0) is 29.0 Å². The van der Waals surface area contributed by atoms with Gasteiger partial charge in [-0.3, -0.25) is 10.2 Å². The summed E-state index contributed by atoms with van der Waals surface area (Å²) in [5.41, 5.74) is 3.09. The first kappa shape index (κ1) is 24.2. The highest BCUT2D eigenvalue weighted by Crippen LogP contribution is 2.40. The zero-order valence-electron chi connectivity index (χ0n) is 21.2. The van der Waals surface area contributed by atoms with E-state index in [0.717, 1.165) is 35.6 Å². The number of carbonyl (C=O) groups is 1. The molecule has 7 heteroatoms. The lowest BCUT2D eigenvalue weighted by molar-refractivity contribution is 0.0962. The van der Waals surface area contributed by atoms with E-state index in [1.54, 1.807) is 4.90 Å².